The van der Waals surface area contributed by atoms with E-state index in [2.05, 4.69) is 19.2 Å². The lowest BCUT2D eigenvalue weighted by Gasteiger charge is -2.17. The van der Waals surface area contributed by atoms with Gasteiger partial charge in [-0.1, -0.05) is 44.2 Å². The molecule has 24 heavy (non-hydrogen) atoms. The molecule has 0 saturated carbocycles. The average Bonchev–Trinajstić information content (AvgIpc) is 2.60. The maximum atomic E-state index is 12.1. The number of methoxy groups -OCH3 is 1. The third-order valence-electron chi connectivity index (χ3n) is 3.89. The molecule has 4 nitrogen and oxygen atoms in total. The first-order valence-electron chi connectivity index (χ1n) is 8.16. The lowest BCUT2D eigenvalue weighted by atomic mass is 10.0. The van der Waals surface area contributed by atoms with Crippen LogP contribution in [0.3, 0.4) is 0 Å². The Morgan fingerprint density at radius 1 is 1.04 bits per heavy atom. The van der Waals surface area contributed by atoms with Crippen LogP contribution in [0.15, 0.2) is 48.5 Å². The largest absolute Gasteiger partial charge is 0.497 e. The molecule has 2 rings (SSSR count). The van der Waals surface area contributed by atoms with Gasteiger partial charge in [-0.25, -0.2) is 0 Å². The molecule has 1 atom stereocenters. The first-order chi connectivity index (χ1) is 11.5. The summed E-state index contributed by atoms with van der Waals surface area (Å²) in [7, 11) is 1.63. The predicted octanol–water partition coefficient (Wildman–Crippen LogP) is 4.07. The predicted molar refractivity (Wildman–Crippen MR) is 95.6 cm³/mol. The molecule has 128 valence electrons. The van der Waals surface area contributed by atoms with Crippen molar-refractivity contribution >= 4 is 5.91 Å². The number of para-hydroxylation sites is 1. The topological polar surface area (TPSA) is 47.6 Å². The van der Waals surface area contributed by atoms with Crippen molar-refractivity contribution in [3.8, 4) is 11.5 Å². The van der Waals surface area contributed by atoms with Crippen molar-refractivity contribution in [2.75, 3.05) is 13.7 Å². The van der Waals surface area contributed by atoms with Gasteiger partial charge in [0.15, 0.2) is 6.61 Å². The molecule has 0 fully saturated rings. The van der Waals surface area contributed by atoms with E-state index in [0.29, 0.717) is 5.92 Å². The molecule has 4 heteroatoms. The number of amides is 1. The van der Waals surface area contributed by atoms with Crippen LogP contribution in [-0.4, -0.2) is 19.6 Å². The van der Waals surface area contributed by atoms with Gasteiger partial charge in [0.2, 0.25) is 0 Å². The lowest BCUT2D eigenvalue weighted by molar-refractivity contribution is -0.123. The number of nitrogens with one attached hydrogen (secondary N) is 1. The number of hydrogen-bond acceptors (Lipinski definition) is 3. The zero-order valence-corrected chi connectivity index (χ0v) is 14.7. The Bertz CT molecular complexity index is 665. The number of hydrogen-bond donors (Lipinski definition) is 1. The molecule has 0 saturated heterocycles. The molecule has 0 aliphatic carbocycles. The molecule has 0 bridgehead atoms. The zero-order chi connectivity index (χ0) is 17.5. The molecule has 0 aliphatic heterocycles. The fourth-order valence-corrected chi connectivity index (χ4v) is 2.49. The van der Waals surface area contributed by atoms with Crippen LogP contribution in [0.25, 0.3) is 0 Å². The highest BCUT2D eigenvalue weighted by molar-refractivity contribution is 5.78. The fourth-order valence-electron chi connectivity index (χ4n) is 2.49. The Morgan fingerprint density at radius 3 is 2.33 bits per heavy atom. The minimum atomic E-state index is -0.142. The van der Waals surface area contributed by atoms with Gasteiger partial charge in [0.25, 0.3) is 5.91 Å². The molecule has 1 N–H and O–H groups in total. The fraction of sp³-hybridized carbons (Fsp3) is 0.350. The van der Waals surface area contributed by atoms with E-state index in [1.807, 2.05) is 55.5 Å². The molecule has 0 unspecified atom stereocenters. The van der Waals surface area contributed by atoms with Crippen molar-refractivity contribution in [2.24, 2.45) is 0 Å². The van der Waals surface area contributed by atoms with Crippen molar-refractivity contribution < 1.29 is 14.3 Å². The average molecular weight is 327 g/mol. The SMILES string of the molecule is COc1ccc([C@@H](C)NC(=O)COc2ccccc2C(C)C)cc1. The summed E-state index contributed by atoms with van der Waals surface area (Å²) in [6, 6.07) is 15.4. The number of rotatable bonds is 7. The van der Waals surface area contributed by atoms with Crippen LogP contribution in [0.5, 0.6) is 11.5 Å². The molecule has 0 spiro atoms. The summed E-state index contributed by atoms with van der Waals surface area (Å²) in [5.41, 5.74) is 2.13. The normalized spacial score (nSPS) is 11.9. The van der Waals surface area contributed by atoms with Crippen molar-refractivity contribution in [3.05, 3.63) is 59.7 Å². The van der Waals surface area contributed by atoms with E-state index in [1.165, 1.54) is 0 Å². The molecular formula is C20H25NO3. The first kappa shape index (κ1) is 17.9. The van der Waals surface area contributed by atoms with Crippen molar-refractivity contribution in [1.29, 1.82) is 0 Å². The van der Waals surface area contributed by atoms with Gasteiger partial charge >= 0.3 is 0 Å². The highest BCUT2D eigenvalue weighted by Crippen LogP contribution is 2.25. The van der Waals surface area contributed by atoms with Gasteiger partial charge in [-0.15, -0.1) is 0 Å². The monoisotopic (exact) mass is 327 g/mol. The Balaban J connectivity index is 1.91. The third kappa shape index (κ3) is 4.75. The molecule has 0 heterocycles. The second-order valence-corrected chi connectivity index (χ2v) is 6.04. The quantitative estimate of drug-likeness (QED) is 0.834. The van der Waals surface area contributed by atoms with Crippen molar-refractivity contribution in [2.45, 2.75) is 32.7 Å². The van der Waals surface area contributed by atoms with E-state index in [9.17, 15) is 4.79 Å². The lowest BCUT2D eigenvalue weighted by Crippen LogP contribution is -2.31. The number of benzene rings is 2. The smallest absolute Gasteiger partial charge is 0.258 e. The van der Waals surface area contributed by atoms with Crippen LogP contribution in [-0.2, 0) is 4.79 Å². The Morgan fingerprint density at radius 2 is 1.71 bits per heavy atom. The minimum absolute atomic E-state index is 0.00419. The standard InChI is InChI=1S/C20H25NO3/c1-14(2)18-7-5-6-8-19(18)24-13-20(22)21-15(3)16-9-11-17(23-4)12-10-16/h5-12,14-15H,13H2,1-4H3,(H,21,22)/t15-/m1/s1. The summed E-state index contributed by atoms with van der Waals surface area (Å²) < 4.78 is 10.8. The van der Waals surface area contributed by atoms with Gasteiger partial charge in [0.05, 0.1) is 13.2 Å². The number of carbonyl (C=O) groups is 1. The van der Waals surface area contributed by atoms with E-state index in [0.717, 1.165) is 22.6 Å². The van der Waals surface area contributed by atoms with Crippen LogP contribution in [0.4, 0.5) is 0 Å². The van der Waals surface area contributed by atoms with Crippen LogP contribution < -0.4 is 14.8 Å². The molecule has 2 aromatic rings. The van der Waals surface area contributed by atoms with Crippen LogP contribution in [0.2, 0.25) is 0 Å². The summed E-state index contributed by atoms with van der Waals surface area (Å²) in [6.07, 6.45) is 0. The zero-order valence-electron chi connectivity index (χ0n) is 14.7. The highest BCUT2D eigenvalue weighted by Gasteiger charge is 2.12. The molecule has 1 amide bonds. The molecule has 2 aromatic carbocycles. The van der Waals surface area contributed by atoms with E-state index < -0.39 is 0 Å². The van der Waals surface area contributed by atoms with Crippen LogP contribution in [0.1, 0.15) is 43.9 Å². The van der Waals surface area contributed by atoms with E-state index in [4.69, 9.17) is 9.47 Å². The molecular weight excluding hydrogens is 302 g/mol. The van der Waals surface area contributed by atoms with Gasteiger partial charge in [-0.3, -0.25) is 4.79 Å². The molecule has 0 radical (unpaired) electrons. The summed E-state index contributed by atoms with van der Waals surface area (Å²) in [4.78, 5) is 12.1. The molecule has 0 aliphatic rings. The van der Waals surface area contributed by atoms with Crippen molar-refractivity contribution in [3.63, 3.8) is 0 Å². The van der Waals surface area contributed by atoms with E-state index >= 15 is 0 Å². The van der Waals surface area contributed by atoms with Gasteiger partial charge < -0.3 is 14.8 Å². The number of ether oxygens (including phenoxy) is 2. The summed E-state index contributed by atoms with van der Waals surface area (Å²) in [5.74, 6) is 1.77. The van der Waals surface area contributed by atoms with Crippen LogP contribution >= 0.6 is 0 Å². The minimum Gasteiger partial charge on any atom is -0.497 e. The third-order valence-corrected chi connectivity index (χ3v) is 3.89. The van der Waals surface area contributed by atoms with Gasteiger partial charge in [-0.05, 0) is 42.2 Å². The second-order valence-electron chi connectivity index (χ2n) is 6.04. The first-order valence-corrected chi connectivity index (χ1v) is 8.16. The Kier molecular flexibility index (Phi) is 6.24. The van der Waals surface area contributed by atoms with Gasteiger partial charge in [0.1, 0.15) is 11.5 Å². The van der Waals surface area contributed by atoms with Gasteiger partial charge in [-0.2, -0.15) is 0 Å². The highest BCUT2D eigenvalue weighted by atomic mass is 16.5. The Hall–Kier alpha value is -2.49. The van der Waals surface area contributed by atoms with E-state index in [1.54, 1.807) is 7.11 Å². The maximum Gasteiger partial charge on any atom is 0.258 e. The van der Waals surface area contributed by atoms with E-state index in [-0.39, 0.29) is 18.6 Å². The summed E-state index contributed by atoms with van der Waals surface area (Å²) in [6.45, 7) is 6.16. The Labute approximate surface area is 143 Å². The van der Waals surface area contributed by atoms with Crippen LogP contribution in [0, 0.1) is 0 Å². The summed E-state index contributed by atoms with van der Waals surface area (Å²) >= 11 is 0. The second kappa shape index (κ2) is 8.39. The maximum absolute atomic E-state index is 12.1. The van der Waals surface area contributed by atoms with Crippen molar-refractivity contribution in [1.82, 2.24) is 5.32 Å². The number of carbonyl (C=O) groups excluding carboxylic acids is 1. The summed E-state index contributed by atoms with van der Waals surface area (Å²) in [5, 5.41) is 2.95. The molecule has 0 aromatic heterocycles. The van der Waals surface area contributed by atoms with Gasteiger partial charge in [0, 0.05) is 0 Å².